The van der Waals surface area contributed by atoms with Gasteiger partial charge in [-0.2, -0.15) is 0 Å². The number of carbonyl (C=O) groups is 3. The van der Waals surface area contributed by atoms with Gasteiger partial charge in [0.25, 0.3) is 0 Å². The molecule has 8 heteroatoms. The number of halogens is 1. The normalized spacial score (nSPS) is 35.6. The molecular formula is C30H40ClN3O4. The molecule has 3 amide bonds. The Morgan fingerprint density at radius 2 is 1.97 bits per heavy atom. The van der Waals surface area contributed by atoms with E-state index < -0.39 is 29.6 Å². The number of nitrogens with one attached hydrogen (secondary N) is 2. The van der Waals surface area contributed by atoms with Gasteiger partial charge in [-0.15, -0.1) is 0 Å². The smallest absolute Gasteiger partial charge is 0.246 e. The summed E-state index contributed by atoms with van der Waals surface area (Å²) in [5.41, 5.74) is 0.347. The fraction of sp³-hybridized carbons (Fsp3) is 0.633. The van der Waals surface area contributed by atoms with Crippen molar-refractivity contribution in [3.8, 4) is 0 Å². The van der Waals surface area contributed by atoms with Crippen molar-refractivity contribution in [2.45, 2.75) is 84.1 Å². The van der Waals surface area contributed by atoms with E-state index in [1.54, 1.807) is 17.0 Å². The lowest BCUT2D eigenvalue weighted by Crippen LogP contribution is -2.58. The van der Waals surface area contributed by atoms with Crippen molar-refractivity contribution in [3.63, 3.8) is 0 Å². The maximum atomic E-state index is 14.0. The highest BCUT2D eigenvalue weighted by atomic mass is 35.5. The number of benzene rings is 1. The molecule has 3 fully saturated rings. The molecule has 206 valence electrons. The fourth-order valence-electron chi connectivity index (χ4n) is 6.85. The van der Waals surface area contributed by atoms with Gasteiger partial charge in [0.05, 0.1) is 17.9 Å². The lowest BCUT2D eigenvalue weighted by Gasteiger charge is -2.38. The molecule has 8 atom stereocenters. The first-order valence-electron chi connectivity index (χ1n) is 14.1. The number of amides is 3. The quantitative estimate of drug-likeness (QED) is 0.489. The third-order valence-corrected chi connectivity index (χ3v) is 9.75. The summed E-state index contributed by atoms with van der Waals surface area (Å²) in [6.07, 6.45) is 7.12. The average Bonchev–Trinajstić information content (AvgIpc) is 3.50. The molecule has 2 bridgehead atoms. The summed E-state index contributed by atoms with van der Waals surface area (Å²) in [5.74, 6) is -0.856. The Morgan fingerprint density at radius 1 is 1.21 bits per heavy atom. The molecule has 5 rings (SSSR count). The number of ether oxygens (including phenoxy) is 1. The average molecular weight is 542 g/mol. The van der Waals surface area contributed by atoms with Gasteiger partial charge in [-0.05, 0) is 55.2 Å². The van der Waals surface area contributed by atoms with Crippen LogP contribution in [0.15, 0.2) is 30.4 Å². The third kappa shape index (κ3) is 4.56. The van der Waals surface area contributed by atoms with Gasteiger partial charge in [0.15, 0.2) is 0 Å². The summed E-state index contributed by atoms with van der Waals surface area (Å²) >= 11 is 6.27. The van der Waals surface area contributed by atoms with Crippen LogP contribution in [0.4, 0.5) is 5.69 Å². The first-order valence-corrected chi connectivity index (χ1v) is 14.5. The molecular weight excluding hydrogens is 502 g/mol. The summed E-state index contributed by atoms with van der Waals surface area (Å²) in [4.78, 5) is 43.3. The molecule has 0 aromatic heterocycles. The maximum Gasteiger partial charge on any atom is 0.246 e. The number of likely N-dealkylation sites (tertiary alicyclic amines) is 1. The molecule has 1 aromatic carbocycles. The van der Waals surface area contributed by atoms with Gasteiger partial charge in [-0.25, -0.2) is 0 Å². The Hall–Kier alpha value is -2.38. The van der Waals surface area contributed by atoms with E-state index in [1.807, 2.05) is 25.1 Å². The number of hydrogen-bond donors (Lipinski definition) is 2. The minimum Gasteiger partial charge on any atom is -0.359 e. The van der Waals surface area contributed by atoms with Gasteiger partial charge in [-0.3, -0.25) is 14.4 Å². The molecule has 0 radical (unpaired) electrons. The number of fused-ring (bicyclic) bond motifs is 1. The van der Waals surface area contributed by atoms with Crippen LogP contribution in [0.5, 0.6) is 0 Å². The second kappa shape index (κ2) is 10.3. The zero-order valence-corrected chi connectivity index (χ0v) is 23.8. The van der Waals surface area contributed by atoms with Crippen LogP contribution in [0.25, 0.3) is 0 Å². The summed E-state index contributed by atoms with van der Waals surface area (Å²) < 4.78 is 6.46. The Morgan fingerprint density at radius 3 is 2.68 bits per heavy atom. The second-order valence-electron chi connectivity index (χ2n) is 12.3. The Kier molecular flexibility index (Phi) is 7.38. The number of rotatable bonds is 7. The van der Waals surface area contributed by atoms with Crippen molar-refractivity contribution >= 4 is 35.0 Å². The number of aryl methyl sites for hydroxylation is 1. The first-order chi connectivity index (χ1) is 18.0. The van der Waals surface area contributed by atoms with E-state index in [0.29, 0.717) is 35.0 Å². The molecule has 1 saturated carbocycles. The van der Waals surface area contributed by atoms with Crippen LogP contribution < -0.4 is 10.6 Å². The molecule has 7 nitrogen and oxygen atoms in total. The van der Waals surface area contributed by atoms with Crippen LogP contribution in [0.2, 0.25) is 5.02 Å². The van der Waals surface area contributed by atoms with Crippen LogP contribution >= 0.6 is 11.6 Å². The molecule has 38 heavy (non-hydrogen) atoms. The SMILES string of the molecule is Cc1ccc(NC(=O)C2[C@H]3C=C[C@@]4(O3)C(C(=O)NC3CCCC(C)C3C)N(CCC(C)C)C(=O)[C@@H]24)cc1Cl. The molecule has 3 aliphatic heterocycles. The molecule has 4 aliphatic rings. The molecule has 5 unspecified atom stereocenters. The van der Waals surface area contributed by atoms with E-state index in [1.165, 1.54) is 6.42 Å². The Labute approximate surface area is 230 Å². The minimum absolute atomic E-state index is 0.0664. The molecule has 1 spiro atoms. The standard InChI is InChI=1S/C30H40ClN3O4/c1-16(2)12-14-34-26(28(36)33-22-8-6-7-17(3)19(22)5)30-13-11-23(38-30)24(25(30)29(34)37)27(35)32-20-10-9-18(4)21(31)15-20/h9-11,13,15-17,19,22-26H,6-8,12,14H2,1-5H3,(H,32,35)(H,33,36)/t17?,19?,22?,23-,24?,25-,26?,30+/m1/s1. The maximum absolute atomic E-state index is 14.0. The molecule has 1 aliphatic carbocycles. The van der Waals surface area contributed by atoms with Crippen LogP contribution in [0.1, 0.15) is 58.9 Å². The number of anilines is 1. The number of carbonyl (C=O) groups excluding carboxylic acids is 3. The largest absolute Gasteiger partial charge is 0.359 e. The van der Waals surface area contributed by atoms with Gasteiger partial charge in [0.2, 0.25) is 17.7 Å². The predicted molar refractivity (Wildman–Crippen MR) is 148 cm³/mol. The Bertz CT molecular complexity index is 1150. The fourth-order valence-corrected chi connectivity index (χ4v) is 7.03. The zero-order chi connectivity index (χ0) is 27.4. The van der Waals surface area contributed by atoms with Crippen molar-refractivity contribution in [2.75, 3.05) is 11.9 Å². The number of hydrogen-bond acceptors (Lipinski definition) is 4. The summed E-state index contributed by atoms with van der Waals surface area (Å²) in [6.45, 7) is 11.0. The van der Waals surface area contributed by atoms with Crippen molar-refractivity contribution in [1.82, 2.24) is 10.2 Å². The van der Waals surface area contributed by atoms with Gasteiger partial charge in [0.1, 0.15) is 11.6 Å². The van der Waals surface area contributed by atoms with Crippen molar-refractivity contribution in [3.05, 3.63) is 40.9 Å². The van der Waals surface area contributed by atoms with E-state index in [4.69, 9.17) is 16.3 Å². The van der Waals surface area contributed by atoms with E-state index in [0.717, 1.165) is 24.8 Å². The van der Waals surface area contributed by atoms with Crippen LogP contribution in [0, 0.1) is 36.5 Å². The lowest BCUT2D eigenvalue weighted by atomic mass is 9.73. The van der Waals surface area contributed by atoms with E-state index in [2.05, 4.69) is 38.3 Å². The van der Waals surface area contributed by atoms with Gasteiger partial charge in [0, 0.05) is 23.3 Å². The van der Waals surface area contributed by atoms with E-state index in [9.17, 15) is 14.4 Å². The van der Waals surface area contributed by atoms with E-state index >= 15 is 0 Å². The summed E-state index contributed by atoms with van der Waals surface area (Å²) in [6, 6.07) is 4.63. The molecule has 1 aromatic rings. The van der Waals surface area contributed by atoms with Crippen molar-refractivity contribution < 1.29 is 19.1 Å². The van der Waals surface area contributed by atoms with Crippen LogP contribution in [-0.4, -0.2) is 53.0 Å². The van der Waals surface area contributed by atoms with Crippen LogP contribution in [-0.2, 0) is 19.1 Å². The summed E-state index contributed by atoms with van der Waals surface area (Å²) in [7, 11) is 0. The second-order valence-corrected chi connectivity index (χ2v) is 12.7. The monoisotopic (exact) mass is 541 g/mol. The highest BCUT2D eigenvalue weighted by Gasteiger charge is 2.72. The third-order valence-electron chi connectivity index (χ3n) is 9.35. The highest BCUT2D eigenvalue weighted by Crippen LogP contribution is 2.55. The summed E-state index contributed by atoms with van der Waals surface area (Å²) in [5, 5.41) is 6.80. The highest BCUT2D eigenvalue weighted by molar-refractivity contribution is 6.31. The topological polar surface area (TPSA) is 87.7 Å². The minimum atomic E-state index is -1.14. The van der Waals surface area contributed by atoms with E-state index in [-0.39, 0.29) is 23.8 Å². The van der Waals surface area contributed by atoms with Crippen molar-refractivity contribution in [1.29, 1.82) is 0 Å². The molecule has 2 saturated heterocycles. The van der Waals surface area contributed by atoms with Gasteiger partial charge >= 0.3 is 0 Å². The molecule has 3 heterocycles. The Balaban J connectivity index is 1.43. The van der Waals surface area contributed by atoms with Gasteiger partial charge < -0.3 is 20.3 Å². The lowest BCUT2D eigenvalue weighted by molar-refractivity contribution is -0.141. The van der Waals surface area contributed by atoms with Crippen LogP contribution in [0.3, 0.4) is 0 Å². The predicted octanol–water partition coefficient (Wildman–Crippen LogP) is 4.72. The number of nitrogens with zero attached hydrogens (tertiary/aromatic N) is 1. The molecule has 2 N–H and O–H groups in total. The van der Waals surface area contributed by atoms with Crippen molar-refractivity contribution in [2.24, 2.45) is 29.6 Å². The first kappa shape index (κ1) is 27.2. The van der Waals surface area contributed by atoms with Gasteiger partial charge in [-0.1, -0.05) is 70.4 Å². The zero-order valence-electron chi connectivity index (χ0n) is 23.0.